The van der Waals surface area contributed by atoms with Gasteiger partial charge in [-0.15, -0.1) is 0 Å². The zero-order valence-corrected chi connectivity index (χ0v) is 15.1. The molecule has 0 amide bonds. The summed E-state index contributed by atoms with van der Waals surface area (Å²) in [7, 11) is 0. The predicted molar refractivity (Wildman–Crippen MR) is 95.4 cm³/mol. The van der Waals surface area contributed by atoms with Crippen LogP contribution in [0.3, 0.4) is 0 Å². The van der Waals surface area contributed by atoms with Gasteiger partial charge in [-0.05, 0) is 55.8 Å². The van der Waals surface area contributed by atoms with Gasteiger partial charge < -0.3 is 5.11 Å². The van der Waals surface area contributed by atoms with Crippen LogP contribution in [0.2, 0.25) is 0 Å². The maximum Gasteiger partial charge on any atom is 0.435 e. The molecule has 0 bridgehead atoms. The number of aromatic nitrogens is 2. The molecule has 27 heavy (non-hydrogen) atoms. The largest absolute Gasteiger partial charge is 0.508 e. The van der Waals surface area contributed by atoms with Crippen LogP contribution in [0.5, 0.6) is 5.75 Å². The fourth-order valence-corrected chi connectivity index (χ4v) is 3.13. The second-order valence-corrected chi connectivity index (χ2v) is 6.24. The van der Waals surface area contributed by atoms with Crippen LogP contribution in [-0.4, -0.2) is 19.1 Å². The summed E-state index contributed by atoms with van der Waals surface area (Å²) < 4.78 is 55.7. The van der Waals surface area contributed by atoms with Gasteiger partial charge in [0.2, 0.25) is 11.5 Å². The highest BCUT2D eigenvalue weighted by Gasteiger charge is 2.35. The maximum atomic E-state index is 13.3. The van der Waals surface area contributed by atoms with Gasteiger partial charge in [0.1, 0.15) is 5.75 Å². The van der Waals surface area contributed by atoms with Crippen molar-refractivity contribution < 1.29 is 22.5 Å². The number of alkyl halides is 3. The normalized spacial score (nSPS) is 11.4. The van der Waals surface area contributed by atoms with Gasteiger partial charge in [-0.2, -0.15) is 26.8 Å². The molecule has 5 nitrogen and oxygen atoms in total. The Balaban J connectivity index is 2.29. The van der Waals surface area contributed by atoms with Crippen LogP contribution in [0.15, 0.2) is 46.8 Å². The van der Waals surface area contributed by atoms with Crippen LogP contribution >= 0.6 is 0 Å². The van der Waals surface area contributed by atoms with Crippen LogP contribution in [-0.2, 0) is 17.6 Å². The molecule has 1 N–H and O–H groups in total. The van der Waals surface area contributed by atoms with E-state index in [1.807, 2.05) is 0 Å². The standard InChI is InChI=1S/C18H14F3N3O2S/c1-10-3-8-14(11(2)17(10)23-27-26)24-15(9-16(22-24)18(19,20)21)12-4-6-13(25)7-5-12/h3-9,25H,1-2H3. The first-order valence-electron chi connectivity index (χ1n) is 7.79. The molecule has 0 aliphatic carbocycles. The summed E-state index contributed by atoms with van der Waals surface area (Å²) in [5.41, 5.74) is 1.68. The summed E-state index contributed by atoms with van der Waals surface area (Å²) in [6.45, 7) is 3.43. The molecule has 0 unspecified atom stereocenters. The molecule has 0 spiro atoms. The number of benzene rings is 2. The van der Waals surface area contributed by atoms with E-state index >= 15 is 0 Å². The molecule has 0 atom stereocenters. The van der Waals surface area contributed by atoms with Crippen molar-refractivity contribution in [2.75, 3.05) is 0 Å². The summed E-state index contributed by atoms with van der Waals surface area (Å²) in [4.78, 5) is 0. The van der Waals surface area contributed by atoms with Gasteiger partial charge in [-0.3, -0.25) is 0 Å². The minimum Gasteiger partial charge on any atom is -0.508 e. The van der Waals surface area contributed by atoms with Gasteiger partial charge in [0.25, 0.3) is 0 Å². The van der Waals surface area contributed by atoms with Crippen molar-refractivity contribution in [1.29, 1.82) is 0 Å². The topological polar surface area (TPSA) is 67.5 Å². The van der Waals surface area contributed by atoms with Crippen molar-refractivity contribution in [2.45, 2.75) is 20.0 Å². The zero-order chi connectivity index (χ0) is 19.8. The summed E-state index contributed by atoms with van der Waals surface area (Å²) in [6.07, 6.45) is -4.62. The molecule has 1 heterocycles. The number of phenols is 1. The van der Waals surface area contributed by atoms with E-state index in [2.05, 4.69) is 9.46 Å². The van der Waals surface area contributed by atoms with E-state index in [4.69, 9.17) is 0 Å². The van der Waals surface area contributed by atoms with Crippen molar-refractivity contribution >= 4 is 17.2 Å². The van der Waals surface area contributed by atoms with E-state index in [0.717, 1.165) is 11.6 Å². The molecule has 140 valence electrons. The van der Waals surface area contributed by atoms with E-state index in [1.165, 1.54) is 28.9 Å². The van der Waals surface area contributed by atoms with Crippen molar-refractivity contribution in [1.82, 2.24) is 9.78 Å². The second-order valence-electron chi connectivity index (χ2n) is 5.91. The molecule has 0 aliphatic heterocycles. The van der Waals surface area contributed by atoms with Gasteiger partial charge in [0.15, 0.2) is 5.69 Å². The van der Waals surface area contributed by atoms with Crippen molar-refractivity contribution in [2.24, 2.45) is 4.36 Å². The number of hydrogen-bond donors (Lipinski definition) is 1. The van der Waals surface area contributed by atoms with Crippen LogP contribution in [0.4, 0.5) is 18.9 Å². The molecule has 0 saturated heterocycles. The van der Waals surface area contributed by atoms with E-state index in [0.29, 0.717) is 22.5 Å². The Labute approximate surface area is 156 Å². The highest BCUT2D eigenvalue weighted by molar-refractivity contribution is 7.54. The van der Waals surface area contributed by atoms with Gasteiger partial charge in [-0.1, -0.05) is 6.07 Å². The average Bonchev–Trinajstić information content (AvgIpc) is 3.05. The number of halogens is 3. The molecule has 0 aliphatic rings. The van der Waals surface area contributed by atoms with Crippen LogP contribution in [0, 0.1) is 13.8 Å². The second kappa shape index (κ2) is 6.99. The van der Waals surface area contributed by atoms with Crippen molar-refractivity contribution in [3.8, 4) is 22.7 Å². The minimum atomic E-state index is -4.62. The third-order valence-electron chi connectivity index (χ3n) is 4.12. The molecule has 1 aromatic heterocycles. The highest BCUT2D eigenvalue weighted by Crippen LogP contribution is 2.36. The summed E-state index contributed by atoms with van der Waals surface area (Å²) in [6, 6.07) is 10.0. The van der Waals surface area contributed by atoms with Crippen molar-refractivity contribution in [3.63, 3.8) is 0 Å². The summed E-state index contributed by atoms with van der Waals surface area (Å²) in [5.74, 6) is 0.000864. The first kappa shape index (κ1) is 18.8. The van der Waals surface area contributed by atoms with E-state index in [9.17, 15) is 22.5 Å². The fourth-order valence-electron chi connectivity index (χ4n) is 2.77. The number of phenolic OH excluding ortho intramolecular Hbond substituents is 1. The lowest BCUT2D eigenvalue weighted by Crippen LogP contribution is -2.08. The Morgan fingerprint density at radius 3 is 2.37 bits per heavy atom. The monoisotopic (exact) mass is 393 g/mol. The Morgan fingerprint density at radius 2 is 1.78 bits per heavy atom. The molecule has 3 rings (SSSR count). The fraction of sp³-hybridized carbons (Fsp3) is 0.167. The summed E-state index contributed by atoms with van der Waals surface area (Å²) >= 11 is 0.0362. The van der Waals surface area contributed by atoms with Crippen LogP contribution < -0.4 is 0 Å². The summed E-state index contributed by atoms with van der Waals surface area (Å²) in [5, 5.41) is 13.2. The molecule has 2 aromatic carbocycles. The van der Waals surface area contributed by atoms with E-state index in [-0.39, 0.29) is 22.9 Å². The SMILES string of the molecule is Cc1ccc(-n2nc(C(F)(F)F)cc2-c2ccc(O)cc2)c(C)c1N=S=O. The number of rotatable bonds is 3. The molecule has 3 aromatic rings. The lowest BCUT2D eigenvalue weighted by Gasteiger charge is -2.13. The Morgan fingerprint density at radius 1 is 1.11 bits per heavy atom. The molecular weight excluding hydrogens is 379 g/mol. The average molecular weight is 393 g/mol. The van der Waals surface area contributed by atoms with Crippen molar-refractivity contribution in [3.05, 3.63) is 59.3 Å². The van der Waals surface area contributed by atoms with Gasteiger partial charge in [0.05, 0.1) is 17.1 Å². The molecule has 0 fully saturated rings. The first-order valence-corrected chi connectivity index (χ1v) is 8.49. The van der Waals surface area contributed by atoms with E-state index in [1.54, 1.807) is 26.0 Å². The van der Waals surface area contributed by atoms with Crippen LogP contribution in [0.1, 0.15) is 16.8 Å². The predicted octanol–water partition coefficient (Wildman–Crippen LogP) is 4.91. The lowest BCUT2D eigenvalue weighted by molar-refractivity contribution is -0.141. The zero-order valence-electron chi connectivity index (χ0n) is 14.3. The minimum absolute atomic E-state index is 0.000864. The number of aryl methyl sites for hydroxylation is 1. The number of hydrogen-bond acceptors (Lipinski definition) is 4. The Bertz CT molecular complexity index is 1050. The van der Waals surface area contributed by atoms with E-state index < -0.39 is 11.9 Å². The van der Waals surface area contributed by atoms with Gasteiger partial charge >= 0.3 is 6.18 Å². The Hall–Kier alpha value is -2.94. The lowest BCUT2D eigenvalue weighted by atomic mass is 10.1. The third-order valence-corrected chi connectivity index (χ3v) is 4.38. The maximum absolute atomic E-state index is 13.3. The highest BCUT2D eigenvalue weighted by atomic mass is 32.1. The number of aromatic hydroxyl groups is 1. The molecule has 9 heteroatoms. The molecule has 0 radical (unpaired) electrons. The quantitative estimate of drug-likeness (QED) is 0.688. The first-order chi connectivity index (χ1) is 12.7. The Kier molecular flexibility index (Phi) is 4.88. The smallest absolute Gasteiger partial charge is 0.435 e. The third kappa shape index (κ3) is 3.63. The molecule has 0 saturated carbocycles. The van der Waals surface area contributed by atoms with Gasteiger partial charge in [-0.25, -0.2) is 4.68 Å². The van der Waals surface area contributed by atoms with Gasteiger partial charge in [0, 0.05) is 11.1 Å². The molecular formula is C18H14F3N3O2S. The number of nitrogens with zero attached hydrogens (tertiary/aromatic N) is 3. The van der Waals surface area contributed by atoms with Crippen LogP contribution in [0.25, 0.3) is 16.9 Å².